The summed E-state index contributed by atoms with van der Waals surface area (Å²) in [6.07, 6.45) is -0.917. The van der Waals surface area contributed by atoms with E-state index in [0.29, 0.717) is 5.56 Å². The molecular formula is C11H8F3NS. The number of halogens is 3. The molecule has 1 aromatic rings. The van der Waals surface area contributed by atoms with Crippen molar-refractivity contribution >= 4 is 11.3 Å². The van der Waals surface area contributed by atoms with E-state index in [1.54, 1.807) is 6.07 Å². The average molecular weight is 243 g/mol. The fraction of sp³-hybridized carbons (Fsp3) is 0.545. The number of nitriles is 1. The minimum Gasteiger partial charge on any atom is -0.192 e. The molecule has 1 spiro atoms. The van der Waals surface area contributed by atoms with Crippen LogP contribution in [0, 0.1) is 11.3 Å². The van der Waals surface area contributed by atoms with Crippen molar-refractivity contribution in [3.63, 3.8) is 0 Å². The molecular weight excluding hydrogens is 235 g/mol. The van der Waals surface area contributed by atoms with Crippen LogP contribution in [0.15, 0.2) is 0 Å². The Labute approximate surface area is 94.5 Å². The molecule has 5 heteroatoms. The summed E-state index contributed by atoms with van der Waals surface area (Å²) in [6, 6.07) is 1.69. The van der Waals surface area contributed by atoms with Crippen molar-refractivity contribution < 1.29 is 13.2 Å². The smallest absolute Gasteiger partial charge is 0.192 e. The van der Waals surface area contributed by atoms with Gasteiger partial charge in [0.05, 0.1) is 5.56 Å². The molecule has 0 bridgehead atoms. The highest BCUT2D eigenvalue weighted by Gasteiger charge is 2.55. The third-order valence-corrected chi connectivity index (χ3v) is 4.80. The summed E-state index contributed by atoms with van der Waals surface area (Å²) in [4.78, 5) is 0.629. The fourth-order valence-corrected chi connectivity index (χ4v) is 4.21. The summed E-state index contributed by atoms with van der Waals surface area (Å²) in [5.41, 5.74) is -0.403. The van der Waals surface area contributed by atoms with Gasteiger partial charge in [-0.05, 0) is 24.8 Å². The lowest BCUT2D eigenvalue weighted by Crippen LogP contribution is -2.45. The minimum absolute atomic E-state index is 0.152. The van der Waals surface area contributed by atoms with Gasteiger partial charge in [-0.25, -0.2) is 0 Å². The number of thiophene rings is 1. The van der Waals surface area contributed by atoms with Crippen LogP contribution in [0.5, 0.6) is 0 Å². The van der Waals surface area contributed by atoms with E-state index in [-0.39, 0.29) is 10.3 Å². The maximum atomic E-state index is 12.9. The number of hydrogen-bond donors (Lipinski definition) is 0. The molecule has 0 atom stereocenters. The summed E-state index contributed by atoms with van der Waals surface area (Å²) in [6.45, 7) is 0. The first-order chi connectivity index (χ1) is 7.48. The van der Waals surface area contributed by atoms with E-state index in [2.05, 4.69) is 0 Å². The topological polar surface area (TPSA) is 23.8 Å². The van der Waals surface area contributed by atoms with Gasteiger partial charge >= 0.3 is 6.18 Å². The van der Waals surface area contributed by atoms with Crippen LogP contribution in [0.3, 0.4) is 0 Å². The Morgan fingerprint density at radius 3 is 2.44 bits per heavy atom. The largest absolute Gasteiger partial charge is 0.418 e. The van der Waals surface area contributed by atoms with Gasteiger partial charge in [-0.1, -0.05) is 6.42 Å². The maximum absolute atomic E-state index is 12.9. The van der Waals surface area contributed by atoms with Crippen molar-refractivity contribution in [1.29, 1.82) is 5.26 Å². The Kier molecular flexibility index (Phi) is 1.78. The molecule has 0 N–H and O–H groups in total. The lowest BCUT2D eigenvalue weighted by molar-refractivity contribution is -0.139. The van der Waals surface area contributed by atoms with Gasteiger partial charge in [0, 0.05) is 10.3 Å². The van der Waals surface area contributed by atoms with Gasteiger partial charge in [-0.15, -0.1) is 11.3 Å². The van der Waals surface area contributed by atoms with Crippen molar-refractivity contribution in [1.82, 2.24) is 0 Å². The Morgan fingerprint density at radius 2 is 2.00 bits per heavy atom. The average Bonchev–Trinajstić information content (AvgIpc) is 2.37. The maximum Gasteiger partial charge on any atom is 0.418 e. The highest BCUT2D eigenvalue weighted by molar-refractivity contribution is 7.13. The van der Waals surface area contributed by atoms with Crippen LogP contribution in [0.2, 0.25) is 0 Å². The molecule has 3 rings (SSSR count). The van der Waals surface area contributed by atoms with Gasteiger partial charge in [0.25, 0.3) is 0 Å². The zero-order valence-corrected chi connectivity index (χ0v) is 9.13. The van der Waals surface area contributed by atoms with Gasteiger partial charge in [0.2, 0.25) is 0 Å². The molecule has 84 valence electrons. The lowest BCUT2D eigenvalue weighted by atomic mass is 9.55. The molecule has 0 saturated heterocycles. The number of hydrogen-bond acceptors (Lipinski definition) is 2. The zero-order valence-electron chi connectivity index (χ0n) is 8.32. The van der Waals surface area contributed by atoms with E-state index >= 15 is 0 Å². The monoisotopic (exact) mass is 243 g/mol. The van der Waals surface area contributed by atoms with Crippen LogP contribution in [-0.2, 0) is 18.0 Å². The molecule has 0 amide bonds. The minimum atomic E-state index is -4.38. The van der Waals surface area contributed by atoms with E-state index in [9.17, 15) is 13.2 Å². The highest BCUT2D eigenvalue weighted by atomic mass is 32.1. The zero-order chi connectivity index (χ0) is 11.6. The van der Waals surface area contributed by atoms with Crippen LogP contribution < -0.4 is 0 Å². The molecule has 1 aromatic heterocycles. The Bertz CT molecular complexity index is 503. The number of rotatable bonds is 0. The summed E-state index contributed by atoms with van der Waals surface area (Å²) in [5, 5.41) is 8.77. The van der Waals surface area contributed by atoms with Gasteiger partial charge in [-0.2, -0.15) is 18.4 Å². The SMILES string of the molecule is N#Cc1sc2c(c1C(F)(F)F)C1(CCC1)C2. The van der Waals surface area contributed by atoms with E-state index in [1.165, 1.54) is 0 Å². The van der Waals surface area contributed by atoms with Crippen LogP contribution in [-0.4, -0.2) is 0 Å². The predicted octanol–water partition coefficient (Wildman–Crippen LogP) is 3.62. The first-order valence-electron chi connectivity index (χ1n) is 5.11. The van der Waals surface area contributed by atoms with Gasteiger partial charge in [0.1, 0.15) is 10.9 Å². The van der Waals surface area contributed by atoms with Crippen molar-refractivity contribution in [3.8, 4) is 6.07 Å². The normalized spacial score (nSPS) is 20.9. The molecule has 0 aromatic carbocycles. The molecule has 0 aliphatic heterocycles. The van der Waals surface area contributed by atoms with E-state index in [0.717, 1.165) is 41.9 Å². The number of nitrogens with zero attached hydrogens (tertiary/aromatic N) is 1. The standard InChI is InChI=1S/C11H8F3NS/c12-11(13,14)9-7(5-15)16-6-4-10(8(6)9)2-1-3-10/h1-4H2. The summed E-state index contributed by atoms with van der Waals surface area (Å²) in [5.74, 6) is 0. The van der Waals surface area contributed by atoms with Crippen LogP contribution in [0.4, 0.5) is 13.2 Å². The van der Waals surface area contributed by atoms with Gasteiger partial charge < -0.3 is 0 Å². The molecule has 1 fully saturated rings. The Balaban J connectivity index is 2.19. The fourth-order valence-electron chi connectivity index (χ4n) is 2.83. The second kappa shape index (κ2) is 2.80. The summed E-state index contributed by atoms with van der Waals surface area (Å²) >= 11 is 1.03. The number of fused-ring (bicyclic) bond motifs is 2. The molecule has 16 heavy (non-hydrogen) atoms. The first-order valence-corrected chi connectivity index (χ1v) is 5.93. The quantitative estimate of drug-likeness (QED) is 0.682. The third-order valence-electron chi connectivity index (χ3n) is 3.71. The van der Waals surface area contributed by atoms with Crippen molar-refractivity contribution in [2.24, 2.45) is 0 Å². The van der Waals surface area contributed by atoms with E-state index < -0.39 is 11.7 Å². The highest BCUT2D eigenvalue weighted by Crippen LogP contribution is 2.61. The molecule has 0 radical (unpaired) electrons. The van der Waals surface area contributed by atoms with Crippen molar-refractivity contribution in [2.45, 2.75) is 37.3 Å². The van der Waals surface area contributed by atoms with E-state index in [4.69, 9.17) is 5.26 Å². The summed E-state index contributed by atoms with van der Waals surface area (Å²) < 4.78 is 38.7. The second-order valence-corrected chi connectivity index (χ2v) is 5.63. The number of alkyl halides is 3. The Hall–Kier alpha value is -1.02. The summed E-state index contributed by atoms with van der Waals surface area (Å²) in [7, 11) is 0. The molecule has 2 aliphatic carbocycles. The molecule has 0 unspecified atom stereocenters. The molecule has 2 aliphatic rings. The lowest BCUT2D eigenvalue weighted by Gasteiger charge is -2.50. The predicted molar refractivity (Wildman–Crippen MR) is 53.3 cm³/mol. The van der Waals surface area contributed by atoms with Crippen molar-refractivity contribution in [3.05, 3.63) is 20.9 Å². The van der Waals surface area contributed by atoms with Gasteiger partial charge in [0.15, 0.2) is 0 Å². The first kappa shape index (κ1) is 10.2. The second-order valence-electron chi connectivity index (χ2n) is 4.52. The van der Waals surface area contributed by atoms with E-state index in [1.807, 2.05) is 0 Å². The molecule has 1 saturated carbocycles. The van der Waals surface area contributed by atoms with Crippen molar-refractivity contribution in [2.75, 3.05) is 0 Å². The van der Waals surface area contributed by atoms with Crippen LogP contribution in [0.25, 0.3) is 0 Å². The Morgan fingerprint density at radius 1 is 1.31 bits per heavy atom. The molecule has 1 heterocycles. The molecule has 1 nitrogen and oxygen atoms in total. The van der Waals surface area contributed by atoms with Gasteiger partial charge in [-0.3, -0.25) is 0 Å². The van der Waals surface area contributed by atoms with Crippen LogP contribution in [0.1, 0.15) is 40.1 Å². The van der Waals surface area contributed by atoms with Crippen LogP contribution >= 0.6 is 11.3 Å². The third kappa shape index (κ3) is 1.06.